The third-order valence-corrected chi connectivity index (χ3v) is 4.58. The molecule has 0 spiro atoms. The minimum Gasteiger partial charge on any atom is -0.480 e. The molecule has 2 amide bonds. The van der Waals surface area contributed by atoms with Gasteiger partial charge in [0.25, 0.3) is 5.91 Å². The summed E-state index contributed by atoms with van der Waals surface area (Å²) in [6, 6.07) is 6.53. The zero-order valence-corrected chi connectivity index (χ0v) is 12.8. The number of carbonyl (C=O) groups is 3. The van der Waals surface area contributed by atoms with Crippen LogP contribution in [0.25, 0.3) is 0 Å². The fraction of sp³-hybridized carbons (Fsp3) is 0.471. The van der Waals surface area contributed by atoms with Crippen LogP contribution in [0.5, 0.6) is 0 Å². The van der Waals surface area contributed by atoms with Gasteiger partial charge in [-0.2, -0.15) is 0 Å². The van der Waals surface area contributed by atoms with Gasteiger partial charge in [-0.25, -0.2) is 4.79 Å². The van der Waals surface area contributed by atoms with Crippen molar-refractivity contribution in [1.29, 1.82) is 0 Å². The third-order valence-electron chi connectivity index (χ3n) is 4.58. The quantitative estimate of drug-likeness (QED) is 0.775. The van der Waals surface area contributed by atoms with Crippen LogP contribution in [0.1, 0.15) is 48.9 Å². The summed E-state index contributed by atoms with van der Waals surface area (Å²) in [6.45, 7) is 0. The Hall–Kier alpha value is -2.37. The van der Waals surface area contributed by atoms with Gasteiger partial charge in [0.2, 0.25) is 5.91 Å². The van der Waals surface area contributed by atoms with Crippen LogP contribution in [0.2, 0.25) is 0 Å². The second kappa shape index (κ2) is 6.02. The second-order valence-electron chi connectivity index (χ2n) is 6.39. The van der Waals surface area contributed by atoms with E-state index in [4.69, 9.17) is 0 Å². The number of hydrogen-bond acceptors (Lipinski definition) is 3. The molecule has 0 saturated heterocycles. The number of nitrogens with one attached hydrogen (secondary N) is 2. The first-order valence-corrected chi connectivity index (χ1v) is 7.97. The normalized spacial score (nSPS) is 19.1. The van der Waals surface area contributed by atoms with E-state index in [1.165, 1.54) is 0 Å². The maximum absolute atomic E-state index is 12.3. The minimum atomic E-state index is -1.14. The number of carbonyl (C=O) groups excluding carboxylic acids is 2. The van der Waals surface area contributed by atoms with Crippen molar-refractivity contribution < 1.29 is 19.5 Å². The number of rotatable bonds is 5. The van der Waals surface area contributed by atoms with Gasteiger partial charge in [-0.15, -0.1) is 0 Å². The molecule has 3 N–H and O–H groups in total. The fourth-order valence-corrected chi connectivity index (χ4v) is 2.96. The van der Waals surface area contributed by atoms with Crippen LogP contribution >= 0.6 is 0 Å². The molecule has 0 bridgehead atoms. The molecular weight excluding hydrogens is 296 g/mol. The summed E-state index contributed by atoms with van der Waals surface area (Å²) in [7, 11) is 0. The molecule has 2 fully saturated rings. The van der Waals surface area contributed by atoms with Gasteiger partial charge in [0.05, 0.1) is 0 Å². The lowest BCUT2D eigenvalue weighted by atomic mass is 9.97. The Morgan fingerprint density at radius 2 is 1.65 bits per heavy atom. The first-order valence-electron chi connectivity index (χ1n) is 7.97. The molecule has 1 aromatic rings. The van der Waals surface area contributed by atoms with Crippen molar-refractivity contribution in [1.82, 2.24) is 5.32 Å². The third kappa shape index (κ3) is 3.36. The van der Waals surface area contributed by atoms with Gasteiger partial charge < -0.3 is 15.7 Å². The molecule has 0 radical (unpaired) electrons. The van der Waals surface area contributed by atoms with E-state index in [0.29, 0.717) is 24.1 Å². The van der Waals surface area contributed by atoms with E-state index >= 15 is 0 Å². The standard InChI is InChI=1S/C17H20N2O4/c20-14(11-3-4-11)18-13-7-5-12(6-8-13)15(21)19-17(16(22)23)9-1-2-10-17/h5-8,11H,1-4,9-10H2,(H,18,20)(H,19,21)(H,22,23). The van der Waals surface area contributed by atoms with Gasteiger partial charge in [0.1, 0.15) is 5.54 Å². The highest BCUT2D eigenvalue weighted by molar-refractivity contribution is 5.99. The smallest absolute Gasteiger partial charge is 0.329 e. The molecule has 3 rings (SSSR count). The SMILES string of the molecule is O=C(NC1(C(=O)O)CCCC1)c1ccc(NC(=O)C2CC2)cc1. The van der Waals surface area contributed by atoms with E-state index in [2.05, 4.69) is 10.6 Å². The Morgan fingerprint density at radius 1 is 1.04 bits per heavy atom. The number of hydrogen-bond donors (Lipinski definition) is 3. The van der Waals surface area contributed by atoms with E-state index < -0.39 is 17.4 Å². The van der Waals surface area contributed by atoms with Gasteiger partial charge in [0.15, 0.2) is 0 Å². The van der Waals surface area contributed by atoms with Crippen molar-refractivity contribution in [2.45, 2.75) is 44.1 Å². The number of carboxylic acid groups (broad SMARTS) is 1. The Labute approximate surface area is 134 Å². The molecule has 2 aliphatic rings. The maximum Gasteiger partial charge on any atom is 0.329 e. The molecule has 6 heteroatoms. The van der Waals surface area contributed by atoms with Crippen LogP contribution in [0.3, 0.4) is 0 Å². The van der Waals surface area contributed by atoms with Crippen LogP contribution in [-0.4, -0.2) is 28.4 Å². The van der Waals surface area contributed by atoms with Crippen molar-refractivity contribution in [3.05, 3.63) is 29.8 Å². The highest BCUT2D eigenvalue weighted by Crippen LogP contribution is 2.31. The van der Waals surface area contributed by atoms with Crippen molar-refractivity contribution >= 4 is 23.5 Å². The van der Waals surface area contributed by atoms with Crippen LogP contribution in [0.15, 0.2) is 24.3 Å². The van der Waals surface area contributed by atoms with Gasteiger partial charge in [-0.3, -0.25) is 9.59 Å². The second-order valence-corrected chi connectivity index (χ2v) is 6.39. The Bertz CT molecular complexity index is 628. The molecule has 0 aliphatic heterocycles. The lowest BCUT2D eigenvalue weighted by Crippen LogP contribution is -2.52. The molecule has 0 unspecified atom stereocenters. The topological polar surface area (TPSA) is 95.5 Å². The molecular formula is C17H20N2O4. The number of benzene rings is 1. The lowest BCUT2D eigenvalue weighted by molar-refractivity contribution is -0.144. The lowest BCUT2D eigenvalue weighted by Gasteiger charge is -2.25. The molecule has 0 atom stereocenters. The van der Waals surface area contributed by atoms with Crippen molar-refractivity contribution in [2.24, 2.45) is 5.92 Å². The Kier molecular flexibility index (Phi) is 4.07. The van der Waals surface area contributed by atoms with Crippen LogP contribution in [-0.2, 0) is 9.59 Å². The number of anilines is 1. The van der Waals surface area contributed by atoms with Gasteiger partial charge in [-0.05, 0) is 49.9 Å². The summed E-state index contributed by atoms with van der Waals surface area (Å²) in [5, 5.41) is 14.9. The van der Waals surface area contributed by atoms with E-state index in [0.717, 1.165) is 25.7 Å². The van der Waals surface area contributed by atoms with Crippen molar-refractivity contribution in [3.8, 4) is 0 Å². The summed E-state index contributed by atoms with van der Waals surface area (Å²) in [5.41, 5.74) is -0.107. The number of carboxylic acids is 1. The number of aliphatic carboxylic acids is 1. The van der Waals surface area contributed by atoms with E-state index in [-0.39, 0.29) is 11.8 Å². The zero-order chi connectivity index (χ0) is 16.4. The molecule has 0 heterocycles. The first-order chi connectivity index (χ1) is 11.0. The summed E-state index contributed by atoms with van der Waals surface area (Å²) in [6.07, 6.45) is 4.40. The largest absolute Gasteiger partial charge is 0.480 e. The van der Waals surface area contributed by atoms with Gasteiger partial charge >= 0.3 is 5.97 Å². The zero-order valence-electron chi connectivity index (χ0n) is 12.8. The first kappa shape index (κ1) is 15.5. The molecule has 2 saturated carbocycles. The average molecular weight is 316 g/mol. The maximum atomic E-state index is 12.3. The Morgan fingerprint density at radius 3 is 2.17 bits per heavy atom. The average Bonchev–Trinajstić information content (AvgIpc) is 3.28. The number of amides is 2. The highest BCUT2D eigenvalue weighted by atomic mass is 16.4. The van der Waals surface area contributed by atoms with Crippen LogP contribution in [0.4, 0.5) is 5.69 Å². The van der Waals surface area contributed by atoms with E-state index in [1.54, 1.807) is 24.3 Å². The van der Waals surface area contributed by atoms with Crippen LogP contribution in [0, 0.1) is 5.92 Å². The van der Waals surface area contributed by atoms with Crippen molar-refractivity contribution in [3.63, 3.8) is 0 Å². The van der Waals surface area contributed by atoms with Crippen LogP contribution < -0.4 is 10.6 Å². The summed E-state index contributed by atoms with van der Waals surface area (Å²) < 4.78 is 0. The summed E-state index contributed by atoms with van der Waals surface area (Å²) in [4.78, 5) is 35.5. The predicted molar refractivity (Wildman–Crippen MR) is 84.1 cm³/mol. The summed E-state index contributed by atoms with van der Waals surface area (Å²) >= 11 is 0. The van der Waals surface area contributed by atoms with E-state index in [1.807, 2.05) is 0 Å². The van der Waals surface area contributed by atoms with Gasteiger partial charge in [-0.1, -0.05) is 12.8 Å². The minimum absolute atomic E-state index is 0.0120. The fourth-order valence-electron chi connectivity index (χ4n) is 2.96. The molecule has 2 aliphatic carbocycles. The van der Waals surface area contributed by atoms with Crippen molar-refractivity contribution in [2.75, 3.05) is 5.32 Å². The predicted octanol–water partition coefficient (Wildman–Crippen LogP) is 2.16. The molecule has 23 heavy (non-hydrogen) atoms. The Balaban J connectivity index is 1.65. The molecule has 1 aromatic carbocycles. The molecule has 122 valence electrons. The molecule has 0 aromatic heterocycles. The summed E-state index contributed by atoms with van der Waals surface area (Å²) in [5.74, 6) is -1.24. The van der Waals surface area contributed by atoms with E-state index in [9.17, 15) is 19.5 Å². The van der Waals surface area contributed by atoms with Gasteiger partial charge in [0, 0.05) is 17.2 Å². The highest BCUT2D eigenvalue weighted by Gasteiger charge is 2.42. The monoisotopic (exact) mass is 316 g/mol. The molecule has 6 nitrogen and oxygen atoms in total.